The van der Waals surface area contributed by atoms with Gasteiger partial charge in [0.1, 0.15) is 0 Å². The van der Waals surface area contributed by atoms with E-state index in [0.29, 0.717) is 23.8 Å². The summed E-state index contributed by atoms with van der Waals surface area (Å²) < 4.78 is 0. The lowest BCUT2D eigenvalue weighted by Crippen LogP contribution is -2.42. The highest BCUT2D eigenvalue weighted by atomic mass is 16.2. The quantitative estimate of drug-likeness (QED) is 0.819. The van der Waals surface area contributed by atoms with Gasteiger partial charge in [0, 0.05) is 23.8 Å². The van der Waals surface area contributed by atoms with Crippen LogP contribution in [0.15, 0.2) is 24.3 Å². The number of anilines is 1. The van der Waals surface area contributed by atoms with Crippen molar-refractivity contribution in [2.24, 2.45) is 0 Å². The maximum Gasteiger partial charge on any atom is 0.319 e. The Morgan fingerprint density at radius 3 is 2.38 bits per heavy atom. The molecule has 1 aliphatic rings. The normalized spacial score (nSPS) is 16.5. The highest BCUT2D eigenvalue weighted by Crippen LogP contribution is 2.11. The van der Waals surface area contributed by atoms with Gasteiger partial charge in [-0.25, -0.2) is 4.79 Å². The monoisotopic (exact) mass is 289 g/mol. The van der Waals surface area contributed by atoms with Crippen LogP contribution in [0, 0.1) is 0 Å². The largest absolute Gasteiger partial charge is 0.336 e. The molecule has 5 heteroatoms. The van der Waals surface area contributed by atoms with Gasteiger partial charge in [0.05, 0.1) is 0 Å². The zero-order valence-corrected chi connectivity index (χ0v) is 12.7. The maximum absolute atomic E-state index is 11.8. The molecule has 5 nitrogen and oxygen atoms in total. The molecule has 0 spiro atoms. The van der Waals surface area contributed by atoms with Gasteiger partial charge in [-0.15, -0.1) is 0 Å². The number of amides is 2. The molecule has 0 saturated carbocycles. The summed E-state index contributed by atoms with van der Waals surface area (Å²) >= 11 is 0. The zero-order chi connectivity index (χ0) is 15.2. The molecule has 21 heavy (non-hydrogen) atoms. The molecule has 1 saturated heterocycles. The minimum absolute atomic E-state index is 0.0189. The molecule has 0 radical (unpaired) electrons. The number of nitrogens with zero attached hydrogens (tertiary/aromatic N) is 1. The molecule has 1 unspecified atom stereocenters. The van der Waals surface area contributed by atoms with Crippen molar-refractivity contribution in [1.29, 1.82) is 0 Å². The molecule has 114 valence electrons. The number of carbonyl (C=O) groups excluding carboxylic acids is 2. The molecule has 2 rings (SSSR count). The summed E-state index contributed by atoms with van der Waals surface area (Å²) in [5.74, 6) is 0.0189. The molecular weight excluding hydrogens is 266 g/mol. The second kappa shape index (κ2) is 7.22. The van der Waals surface area contributed by atoms with Crippen LogP contribution in [-0.4, -0.2) is 42.4 Å². The van der Waals surface area contributed by atoms with Crippen molar-refractivity contribution in [3.8, 4) is 0 Å². The van der Waals surface area contributed by atoms with E-state index in [1.165, 1.54) is 19.8 Å². The molecule has 0 bridgehead atoms. The number of Topliss-reactive ketones (excluding diaryl/α,β-unsaturated/α-hetero) is 1. The summed E-state index contributed by atoms with van der Waals surface area (Å²) in [5, 5.41) is 5.66. The minimum atomic E-state index is -0.211. The molecule has 2 N–H and O–H groups in total. The highest BCUT2D eigenvalue weighted by molar-refractivity contribution is 5.95. The van der Waals surface area contributed by atoms with E-state index in [1.54, 1.807) is 24.3 Å². The van der Waals surface area contributed by atoms with Gasteiger partial charge >= 0.3 is 6.03 Å². The van der Waals surface area contributed by atoms with Crippen molar-refractivity contribution in [1.82, 2.24) is 10.2 Å². The first kappa shape index (κ1) is 15.5. The molecule has 2 amide bonds. The van der Waals surface area contributed by atoms with Gasteiger partial charge in [-0.2, -0.15) is 0 Å². The number of benzene rings is 1. The lowest BCUT2D eigenvalue weighted by atomic mass is 10.1. The van der Waals surface area contributed by atoms with E-state index in [2.05, 4.69) is 22.5 Å². The summed E-state index contributed by atoms with van der Waals surface area (Å²) in [5.41, 5.74) is 1.33. The van der Waals surface area contributed by atoms with Gasteiger partial charge in [0.25, 0.3) is 0 Å². The lowest BCUT2D eigenvalue weighted by Gasteiger charge is -2.23. The highest BCUT2D eigenvalue weighted by Gasteiger charge is 2.18. The number of rotatable bonds is 5. The van der Waals surface area contributed by atoms with Crippen LogP contribution in [0.5, 0.6) is 0 Å². The SMILES string of the molecule is CC(=O)c1ccc(NC(=O)NCC(C)N2CCCC2)cc1. The van der Waals surface area contributed by atoms with E-state index in [-0.39, 0.29) is 11.8 Å². The van der Waals surface area contributed by atoms with Crippen LogP contribution in [0.3, 0.4) is 0 Å². The van der Waals surface area contributed by atoms with Crippen LogP contribution in [0.2, 0.25) is 0 Å². The Morgan fingerprint density at radius 1 is 1.19 bits per heavy atom. The summed E-state index contributed by atoms with van der Waals surface area (Å²) in [6.07, 6.45) is 2.50. The van der Waals surface area contributed by atoms with Crippen molar-refractivity contribution in [3.63, 3.8) is 0 Å². The summed E-state index contributed by atoms with van der Waals surface area (Å²) in [4.78, 5) is 25.4. The third-order valence-corrected chi connectivity index (χ3v) is 3.87. The van der Waals surface area contributed by atoms with Crippen LogP contribution in [0.4, 0.5) is 10.5 Å². The third kappa shape index (κ3) is 4.56. The van der Waals surface area contributed by atoms with Crippen molar-refractivity contribution in [2.45, 2.75) is 32.7 Å². The van der Waals surface area contributed by atoms with Gasteiger partial charge < -0.3 is 10.6 Å². The van der Waals surface area contributed by atoms with Gasteiger partial charge in [-0.1, -0.05) is 0 Å². The van der Waals surface area contributed by atoms with E-state index in [9.17, 15) is 9.59 Å². The molecule has 1 atom stereocenters. The fourth-order valence-electron chi connectivity index (χ4n) is 2.52. The van der Waals surface area contributed by atoms with Crippen LogP contribution in [0.25, 0.3) is 0 Å². The van der Waals surface area contributed by atoms with E-state index < -0.39 is 0 Å². The molecular formula is C16H23N3O2. The Balaban J connectivity index is 1.77. The van der Waals surface area contributed by atoms with Gasteiger partial charge in [0.15, 0.2) is 5.78 Å². The standard InChI is InChI=1S/C16H23N3O2/c1-12(19-9-3-4-10-19)11-17-16(21)18-15-7-5-14(6-8-15)13(2)20/h5-8,12H,3-4,9-11H2,1-2H3,(H2,17,18,21). The summed E-state index contributed by atoms with van der Waals surface area (Å²) in [7, 11) is 0. The number of hydrogen-bond donors (Lipinski definition) is 2. The fourth-order valence-corrected chi connectivity index (χ4v) is 2.52. The molecule has 1 aromatic rings. The molecule has 1 fully saturated rings. The van der Waals surface area contributed by atoms with Gasteiger partial charge in [-0.05, 0) is 64.0 Å². The smallest absolute Gasteiger partial charge is 0.319 e. The average Bonchev–Trinajstić information content (AvgIpc) is 2.99. The van der Waals surface area contributed by atoms with E-state index in [1.807, 2.05) is 0 Å². The van der Waals surface area contributed by atoms with Crippen LogP contribution in [0.1, 0.15) is 37.0 Å². The summed E-state index contributed by atoms with van der Waals surface area (Å²) in [6, 6.07) is 7.05. The number of likely N-dealkylation sites (tertiary alicyclic amines) is 1. The lowest BCUT2D eigenvalue weighted by molar-refractivity contribution is 0.101. The van der Waals surface area contributed by atoms with E-state index in [4.69, 9.17) is 0 Å². The number of urea groups is 1. The molecule has 0 aromatic heterocycles. The molecule has 1 aromatic carbocycles. The van der Waals surface area contributed by atoms with Gasteiger partial charge in [-0.3, -0.25) is 9.69 Å². The minimum Gasteiger partial charge on any atom is -0.336 e. The van der Waals surface area contributed by atoms with Crippen molar-refractivity contribution < 1.29 is 9.59 Å². The first-order chi connectivity index (χ1) is 10.1. The predicted octanol–water partition coefficient (Wildman–Crippen LogP) is 2.50. The number of ketones is 1. The Labute approximate surface area is 125 Å². The van der Waals surface area contributed by atoms with Gasteiger partial charge in [0.2, 0.25) is 0 Å². The Morgan fingerprint density at radius 2 is 1.81 bits per heavy atom. The zero-order valence-electron chi connectivity index (χ0n) is 12.7. The van der Waals surface area contributed by atoms with E-state index in [0.717, 1.165) is 13.1 Å². The molecule has 1 aliphatic heterocycles. The Hall–Kier alpha value is -1.88. The predicted molar refractivity (Wildman–Crippen MR) is 83.7 cm³/mol. The Kier molecular flexibility index (Phi) is 5.33. The fraction of sp³-hybridized carbons (Fsp3) is 0.500. The number of carbonyl (C=O) groups is 2. The number of hydrogen-bond acceptors (Lipinski definition) is 3. The molecule has 1 heterocycles. The van der Waals surface area contributed by atoms with Crippen LogP contribution >= 0.6 is 0 Å². The second-order valence-electron chi connectivity index (χ2n) is 5.56. The average molecular weight is 289 g/mol. The summed E-state index contributed by atoms with van der Waals surface area (Å²) in [6.45, 7) is 6.54. The van der Waals surface area contributed by atoms with Crippen LogP contribution in [-0.2, 0) is 0 Å². The van der Waals surface area contributed by atoms with Crippen molar-refractivity contribution >= 4 is 17.5 Å². The van der Waals surface area contributed by atoms with Crippen molar-refractivity contribution in [3.05, 3.63) is 29.8 Å². The first-order valence-electron chi connectivity index (χ1n) is 7.46. The first-order valence-corrected chi connectivity index (χ1v) is 7.46. The third-order valence-electron chi connectivity index (χ3n) is 3.87. The second-order valence-corrected chi connectivity index (χ2v) is 5.56. The molecule has 0 aliphatic carbocycles. The number of nitrogens with one attached hydrogen (secondary N) is 2. The van der Waals surface area contributed by atoms with E-state index >= 15 is 0 Å². The van der Waals surface area contributed by atoms with Crippen LogP contribution < -0.4 is 10.6 Å². The maximum atomic E-state index is 11.8. The van der Waals surface area contributed by atoms with Crippen molar-refractivity contribution in [2.75, 3.05) is 25.0 Å². The topological polar surface area (TPSA) is 61.4 Å². The Bertz CT molecular complexity index is 493.